The second kappa shape index (κ2) is 7.45. The SMILES string of the molecule is CN(C)c1nccc(N(C)C2CCN(C[C@H]3CCOC3)CC2)n1. The molecule has 2 fully saturated rings. The van der Waals surface area contributed by atoms with Gasteiger partial charge in [0.1, 0.15) is 5.82 Å². The van der Waals surface area contributed by atoms with Gasteiger partial charge >= 0.3 is 0 Å². The Hall–Kier alpha value is -1.40. The summed E-state index contributed by atoms with van der Waals surface area (Å²) in [6.45, 7) is 5.46. The number of nitrogens with zero attached hydrogens (tertiary/aromatic N) is 5. The van der Waals surface area contributed by atoms with Crippen LogP contribution in [0.3, 0.4) is 0 Å². The molecule has 2 aliphatic rings. The second-order valence-corrected chi connectivity index (χ2v) is 6.98. The molecule has 1 aromatic rings. The normalized spacial score (nSPS) is 23.2. The van der Waals surface area contributed by atoms with E-state index >= 15 is 0 Å². The molecular formula is C17H29N5O. The Morgan fingerprint density at radius 2 is 2.00 bits per heavy atom. The third kappa shape index (κ3) is 4.12. The van der Waals surface area contributed by atoms with Crippen LogP contribution in [0.25, 0.3) is 0 Å². The molecule has 0 N–H and O–H groups in total. The van der Waals surface area contributed by atoms with E-state index in [1.165, 1.54) is 38.9 Å². The van der Waals surface area contributed by atoms with Crippen molar-refractivity contribution in [3.05, 3.63) is 12.3 Å². The summed E-state index contributed by atoms with van der Waals surface area (Å²) in [6.07, 6.45) is 5.48. The van der Waals surface area contributed by atoms with Gasteiger partial charge in [-0.05, 0) is 31.2 Å². The minimum atomic E-state index is 0.566. The molecule has 23 heavy (non-hydrogen) atoms. The summed E-state index contributed by atoms with van der Waals surface area (Å²) in [5.74, 6) is 2.54. The molecule has 3 rings (SSSR count). The van der Waals surface area contributed by atoms with Gasteiger partial charge in [0.05, 0.1) is 6.61 Å². The monoisotopic (exact) mass is 319 g/mol. The Kier molecular flexibility index (Phi) is 5.33. The van der Waals surface area contributed by atoms with Gasteiger partial charge in [0.15, 0.2) is 0 Å². The number of anilines is 2. The summed E-state index contributed by atoms with van der Waals surface area (Å²) in [5, 5.41) is 0. The van der Waals surface area contributed by atoms with Crippen LogP contribution in [0.1, 0.15) is 19.3 Å². The number of aromatic nitrogens is 2. The zero-order valence-electron chi connectivity index (χ0n) is 14.6. The third-order valence-electron chi connectivity index (χ3n) is 5.03. The number of rotatable bonds is 5. The fourth-order valence-corrected chi connectivity index (χ4v) is 3.52. The molecule has 0 spiro atoms. The van der Waals surface area contributed by atoms with E-state index in [0.717, 1.165) is 30.9 Å². The van der Waals surface area contributed by atoms with Gasteiger partial charge in [-0.25, -0.2) is 4.98 Å². The Bertz CT molecular complexity index is 496. The van der Waals surface area contributed by atoms with Crippen LogP contribution < -0.4 is 9.80 Å². The van der Waals surface area contributed by atoms with Gasteiger partial charge in [0.2, 0.25) is 5.95 Å². The minimum Gasteiger partial charge on any atom is -0.381 e. The maximum Gasteiger partial charge on any atom is 0.226 e. The van der Waals surface area contributed by atoms with Gasteiger partial charge in [-0.2, -0.15) is 4.98 Å². The van der Waals surface area contributed by atoms with Crippen molar-refractivity contribution in [3.63, 3.8) is 0 Å². The average Bonchev–Trinajstić information content (AvgIpc) is 3.08. The highest BCUT2D eigenvalue weighted by atomic mass is 16.5. The molecule has 2 saturated heterocycles. The molecule has 2 aliphatic heterocycles. The Balaban J connectivity index is 1.53. The van der Waals surface area contributed by atoms with Crippen LogP contribution in [0, 0.1) is 5.92 Å². The molecule has 1 atom stereocenters. The molecule has 0 bridgehead atoms. The summed E-state index contributed by atoms with van der Waals surface area (Å²) in [6, 6.07) is 2.57. The average molecular weight is 319 g/mol. The van der Waals surface area contributed by atoms with Crippen molar-refractivity contribution in [1.82, 2.24) is 14.9 Å². The minimum absolute atomic E-state index is 0.566. The van der Waals surface area contributed by atoms with E-state index in [0.29, 0.717) is 6.04 Å². The maximum absolute atomic E-state index is 5.49. The lowest BCUT2D eigenvalue weighted by molar-refractivity contribution is 0.152. The van der Waals surface area contributed by atoms with E-state index in [1.54, 1.807) is 0 Å². The Morgan fingerprint density at radius 3 is 2.65 bits per heavy atom. The van der Waals surface area contributed by atoms with Crippen LogP contribution in [0.15, 0.2) is 12.3 Å². The highest BCUT2D eigenvalue weighted by molar-refractivity contribution is 5.43. The van der Waals surface area contributed by atoms with E-state index < -0.39 is 0 Å². The molecule has 0 saturated carbocycles. The molecule has 0 radical (unpaired) electrons. The van der Waals surface area contributed by atoms with Crippen molar-refractivity contribution in [1.29, 1.82) is 0 Å². The third-order valence-corrected chi connectivity index (χ3v) is 5.03. The molecule has 0 amide bonds. The van der Waals surface area contributed by atoms with Crippen molar-refractivity contribution in [2.24, 2.45) is 5.92 Å². The van der Waals surface area contributed by atoms with Crippen molar-refractivity contribution in [2.45, 2.75) is 25.3 Å². The molecule has 128 valence electrons. The first-order valence-corrected chi connectivity index (χ1v) is 8.67. The summed E-state index contributed by atoms with van der Waals surface area (Å²) >= 11 is 0. The van der Waals surface area contributed by atoms with Crippen LogP contribution in [0.4, 0.5) is 11.8 Å². The fourth-order valence-electron chi connectivity index (χ4n) is 3.52. The van der Waals surface area contributed by atoms with Gasteiger partial charge in [-0.3, -0.25) is 0 Å². The highest BCUT2D eigenvalue weighted by Crippen LogP contribution is 2.23. The summed E-state index contributed by atoms with van der Waals surface area (Å²) in [7, 11) is 6.11. The zero-order valence-corrected chi connectivity index (χ0v) is 14.6. The molecule has 6 heteroatoms. The Labute approximate surface area is 139 Å². The number of ether oxygens (including phenoxy) is 1. The van der Waals surface area contributed by atoms with E-state index in [-0.39, 0.29) is 0 Å². The fraction of sp³-hybridized carbons (Fsp3) is 0.765. The first-order valence-electron chi connectivity index (χ1n) is 8.67. The largest absolute Gasteiger partial charge is 0.381 e. The summed E-state index contributed by atoms with van der Waals surface area (Å²) in [4.78, 5) is 15.8. The van der Waals surface area contributed by atoms with Crippen molar-refractivity contribution in [3.8, 4) is 0 Å². The van der Waals surface area contributed by atoms with Crippen molar-refractivity contribution >= 4 is 11.8 Å². The number of piperidine rings is 1. The lowest BCUT2D eigenvalue weighted by Gasteiger charge is -2.38. The predicted molar refractivity (Wildman–Crippen MR) is 93.2 cm³/mol. The van der Waals surface area contributed by atoms with Gasteiger partial charge in [-0.15, -0.1) is 0 Å². The number of hydrogen-bond donors (Lipinski definition) is 0. The lowest BCUT2D eigenvalue weighted by Crippen LogP contribution is -2.45. The molecule has 6 nitrogen and oxygen atoms in total. The molecule has 1 aromatic heterocycles. The van der Waals surface area contributed by atoms with E-state index in [2.05, 4.69) is 26.8 Å². The van der Waals surface area contributed by atoms with Crippen molar-refractivity contribution in [2.75, 3.05) is 63.8 Å². The summed E-state index contributed by atoms with van der Waals surface area (Å²) < 4.78 is 5.49. The first kappa shape index (κ1) is 16.5. The highest BCUT2D eigenvalue weighted by Gasteiger charge is 2.26. The quantitative estimate of drug-likeness (QED) is 0.819. The van der Waals surface area contributed by atoms with E-state index in [9.17, 15) is 0 Å². The van der Waals surface area contributed by atoms with Gasteiger partial charge in [-0.1, -0.05) is 0 Å². The second-order valence-electron chi connectivity index (χ2n) is 6.98. The first-order chi connectivity index (χ1) is 11.1. The molecule has 3 heterocycles. The summed E-state index contributed by atoms with van der Waals surface area (Å²) in [5.41, 5.74) is 0. The van der Waals surface area contributed by atoms with Crippen LogP contribution in [-0.2, 0) is 4.74 Å². The smallest absolute Gasteiger partial charge is 0.226 e. The van der Waals surface area contributed by atoms with E-state index in [1.807, 2.05) is 31.3 Å². The van der Waals surface area contributed by atoms with Crippen molar-refractivity contribution < 1.29 is 4.74 Å². The number of hydrogen-bond acceptors (Lipinski definition) is 6. The van der Waals surface area contributed by atoms with Crippen LogP contribution >= 0.6 is 0 Å². The maximum atomic E-state index is 5.49. The van der Waals surface area contributed by atoms with E-state index in [4.69, 9.17) is 4.74 Å². The molecule has 0 unspecified atom stereocenters. The molecule has 0 aliphatic carbocycles. The van der Waals surface area contributed by atoms with Gasteiger partial charge < -0.3 is 19.4 Å². The molecular weight excluding hydrogens is 290 g/mol. The molecule has 0 aromatic carbocycles. The Morgan fingerprint density at radius 1 is 1.22 bits per heavy atom. The van der Waals surface area contributed by atoms with Crippen LogP contribution in [0.5, 0.6) is 0 Å². The van der Waals surface area contributed by atoms with Crippen LogP contribution in [0.2, 0.25) is 0 Å². The van der Waals surface area contributed by atoms with Gasteiger partial charge in [0.25, 0.3) is 0 Å². The predicted octanol–water partition coefficient (Wildman–Crippen LogP) is 1.48. The zero-order chi connectivity index (χ0) is 16.2. The van der Waals surface area contributed by atoms with Gasteiger partial charge in [0, 0.05) is 59.6 Å². The van der Waals surface area contributed by atoms with Crippen LogP contribution in [-0.4, -0.2) is 74.9 Å². The topological polar surface area (TPSA) is 44.7 Å². The lowest BCUT2D eigenvalue weighted by atomic mass is 10.0. The number of likely N-dealkylation sites (tertiary alicyclic amines) is 1. The standard InChI is InChI=1S/C17H29N5O/c1-20(2)17-18-8-4-16(19-17)21(3)15-5-9-22(10-6-15)12-14-7-11-23-13-14/h4,8,14-15H,5-7,9-13H2,1-3H3/t14-/m1/s1.